The second-order valence-corrected chi connectivity index (χ2v) is 31.7. The molecule has 18 bridgehead atoms. The van der Waals surface area contributed by atoms with Crippen LogP contribution in [0.15, 0.2) is 0 Å². The van der Waals surface area contributed by atoms with Crippen molar-refractivity contribution in [3.63, 3.8) is 0 Å². The molecule has 460 valence electrons. The van der Waals surface area contributed by atoms with Crippen molar-refractivity contribution >= 4 is 118 Å². The van der Waals surface area contributed by atoms with Crippen LogP contribution in [0.25, 0.3) is 0 Å². The summed E-state index contributed by atoms with van der Waals surface area (Å²) < 4.78 is 123. The standard InChI is InChI=1S/C50H80O20S10/c1-2-72-22-40-56-16-36-34(62-40)18-58-42(64-36)24-74-4-8-78-28-46-52-12-32-14-54-48(70-50(32)68-46)30-80-10-6-76-26-44-60-20-37-38(66-44)19-59-43(65-37)25-75-5-9-79-29-47-53-13-31-11-51-45(67-49(31)69-47)27-77-7-3-73-23-41-57-17-33-35(63-41)15-55-39(61-33)21-71-1/h31-50H,1-30H2/t31-,32+,33-,34-,35-,36-,37-,38-,39-,40+,41-,42+,43-,44-,45+,46-,47-,48+,49+,50-/m0/s1. The van der Waals surface area contributed by atoms with Crippen LogP contribution in [0.1, 0.15) is 0 Å². The van der Waals surface area contributed by atoms with Gasteiger partial charge in [-0.25, -0.2) is 0 Å². The number of rotatable bonds is 0. The van der Waals surface area contributed by atoms with Gasteiger partial charge >= 0.3 is 0 Å². The fourth-order valence-corrected chi connectivity index (χ4v) is 19.9. The van der Waals surface area contributed by atoms with Gasteiger partial charge in [0.25, 0.3) is 0 Å². The fraction of sp³-hybridized carbons (Fsp3) is 1.00. The molecule has 0 saturated carbocycles. The largest absolute Gasteiger partial charge is 0.351 e. The summed E-state index contributed by atoms with van der Waals surface area (Å²) >= 11 is 18.3. The van der Waals surface area contributed by atoms with E-state index in [0.717, 1.165) is 115 Å². The molecule has 0 amide bonds. The van der Waals surface area contributed by atoms with Gasteiger partial charge in [0.05, 0.1) is 77.9 Å². The van der Waals surface area contributed by atoms with Crippen molar-refractivity contribution in [3.8, 4) is 0 Å². The molecule has 0 unspecified atom stereocenters. The third-order valence-electron chi connectivity index (χ3n) is 14.2. The first-order valence-electron chi connectivity index (χ1n) is 28.1. The Morgan fingerprint density at radius 1 is 0.175 bits per heavy atom. The van der Waals surface area contributed by atoms with Crippen molar-refractivity contribution in [1.29, 1.82) is 0 Å². The summed E-state index contributed by atoms with van der Waals surface area (Å²) in [6, 6.07) is 0. The lowest BCUT2D eigenvalue weighted by atomic mass is 10.1. The van der Waals surface area contributed by atoms with E-state index in [9.17, 15) is 0 Å². The van der Waals surface area contributed by atoms with Gasteiger partial charge in [-0.3, -0.25) is 0 Å². The molecular weight excluding hydrogens is 1240 g/mol. The average molecular weight is 1320 g/mol. The molecule has 80 heavy (non-hydrogen) atoms. The van der Waals surface area contributed by atoms with E-state index in [1.165, 1.54) is 0 Å². The molecule has 30 heteroatoms. The Morgan fingerprint density at radius 3 is 0.500 bits per heavy atom. The Labute approximate surface area is 513 Å². The predicted molar refractivity (Wildman–Crippen MR) is 319 cm³/mol. The molecule has 0 aliphatic carbocycles. The predicted octanol–water partition coefficient (Wildman–Crippen LogP) is 5.16. The first-order chi connectivity index (χ1) is 39.6. The van der Waals surface area contributed by atoms with Crippen LogP contribution in [0.3, 0.4) is 0 Å². The van der Waals surface area contributed by atoms with Crippen LogP contribution in [0.5, 0.6) is 0 Å². The first kappa shape index (κ1) is 64.2. The van der Waals surface area contributed by atoms with Crippen molar-refractivity contribution in [3.05, 3.63) is 0 Å². The molecule has 20 nitrogen and oxygen atoms in total. The van der Waals surface area contributed by atoms with E-state index in [2.05, 4.69) is 0 Å². The smallest absolute Gasteiger partial charge is 0.171 e. The molecule has 15 rings (SSSR count). The third kappa shape index (κ3) is 20.6. The minimum Gasteiger partial charge on any atom is -0.351 e. The SMILES string of the molecule is C1CSC[C@H]2OC[C@@H]3O[C@@H](CSCCSC[C@H]4OC[C@@H]5CO[C@@H](CSCCSC[C@H]6OC[C@@H]7O[C@@H](CSCCSC[C@@H]8OC[C@@H]9O[C@H](CSCCSC[C@H]%10OC[C@@H]%11CO[C@@H](CS1)O[C@@H]%11O%10)OC[C@@H]9O8)OC[C@@H]7O6)O[C@@H]5O4)OC[C@@H]3O2. The summed E-state index contributed by atoms with van der Waals surface area (Å²) in [5.74, 6) is 17.3. The lowest BCUT2D eigenvalue weighted by Gasteiger charge is -2.41. The van der Waals surface area contributed by atoms with Crippen molar-refractivity contribution in [1.82, 2.24) is 0 Å². The van der Waals surface area contributed by atoms with Crippen molar-refractivity contribution < 1.29 is 94.7 Å². The molecule has 0 aromatic carbocycles. The molecule has 20 atom stereocenters. The van der Waals surface area contributed by atoms with Gasteiger partial charge in [-0.1, -0.05) is 0 Å². The maximum atomic E-state index is 6.28. The second kappa shape index (κ2) is 35.3. The van der Waals surface area contributed by atoms with Crippen molar-refractivity contribution in [2.75, 3.05) is 181 Å². The quantitative estimate of drug-likeness (QED) is 0.310. The van der Waals surface area contributed by atoms with Gasteiger partial charge in [-0.05, 0) is 0 Å². The van der Waals surface area contributed by atoms with Gasteiger partial charge in [0.2, 0.25) is 0 Å². The van der Waals surface area contributed by atoms with E-state index in [0.29, 0.717) is 66.1 Å². The molecule has 0 aromatic heterocycles. The molecule has 0 N–H and O–H groups in total. The van der Waals surface area contributed by atoms with E-state index in [-0.39, 0.29) is 124 Å². The maximum Gasteiger partial charge on any atom is 0.171 e. The minimum atomic E-state index is -0.317. The van der Waals surface area contributed by atoms with E-state index in [1.807, 2.05) is 118 Å². The summed E-state index contributed by atoms with van der Waals surface area (Å²) in [4.78, 5) is 0. The summed E-state index contributed by atoms with van der Waals surface area (Å²) in [5, 5.41) is 0. The summed E-state index contributed by atoms with van der Waals surface area (Å²) in [6.07, 6.45) is -4.23. The highest BCUT2D eigenvalue weighted by Crippen LogP contribution is 2.34. The Morgan fingerprint density at radius 2 is 0.325 bits per heavy atom. The van der Waals surface area contributed by atoms with Crippen LogP contribution in [0.4, 0.5) is 0 Å². The van der Waals surface area contributed by atoms with Gasteiger partial charge in [0.1, 0.15) is 36.6 Å². The van der Waals surface area contributed by atoms with Crippen LogP contribution < -0.4 is 0 Å². The van der Waals surface area contributed by atoms with E-state index in [1.54, 1.807) is 0 Å². The monoisotopic (exact) mass is 1320 g/mol. The molecule has 15 heterocycles. The van der Waals surface area contributed by atoms with Crippen LogP contribution in [-0.4, -0.2) is 293 Å². The van der Waals surface area contributed by atoms with Gasteiger partial charge in [0, 0.05) is 115 Å². The highest BCUT2D eigenvalue weighted by Gasteiger charge is 2.44. The number of fused-ring (bicyclic) bond motifs is 3. The van der Waals surface area contributed by atoms with Gasteiger partial charge in [0.15, 0.2) is 75.5 Å². The number of hydrogen-bond acceptors (Lipinski definition) is 30. The van der Waals surface area contributed by atoms with Crippen LogP contribution in [-0.2, 0) is 94.7 Å². The zero-order valence-corrected chi connectivity index (χ0v) is 53.2. The summed E-state index contributed by atoms with van der Waals surface area (Å²) in [7, 11) is 0. The Balaban J connectivity index is 0.573. The van der Waals surface area contributed by atoms with Crippen molar-refractivity contribution in [2.24, 2.45) is 11.8 Å². The Kier molecular flexibility index (Phi) is 28.4. The highest BCUT2D eigenvalue weighted by molar-refractivity contribution is 8.04. The van der Waals surface area contributed by atoms with Crippen LogP contribution in [0.2, 0.25) is 0 Å². The Bertz CT molecular complexity index is 1640. The van der Waals surface area contributed by atoms with E-state index >= 15 is 0 Å². The minimum absolute atomic E-state index is 0.0770. The normalized spacial score (nSPS) is 45.0. The molecular formula is C50H80O20S10. The zero-order valence-electron chi connectivity index (χ0n) is 45.0. The number of thioether (sulfide) groups is 10. The third-order valence-corrected chi connectivity index (χ3v) is 25.5. The first-order valence-corrected chi connectivity index (χ1v) is 39.6. The second-order valence-electron chi connectivity index (χ2n) is 20.2. The van der Waals surface area contributed by atoms with Crippen LogP contribution in [0, 0.1) is 11.8 Å². The average Bonchev–Trinajstić information content (AvgIpc) is 3.49. The molecule has 15 aliphatic heterocycles. The lowest BCUT2D eigenvalue weighted by molar-refractivity contribution is -0.370. The summed E-state index contributed by atoms with van der Waals surface area (Å²) in [6.45, 7) is 5.33. The van der Waals surface area contributed by atoms with Crippen LogP contribution >= 0.6 is 118 Å². The number of hydrogen-bond donors (Lipinski definition) is 0. The number of ether oxygens (including phenoxy) is 20. The van der Waals surface area contributed by atoms with E-state index in [4.69, 9.17) is 94.7 Å². The Hall–Kier alpha value is 2.70. The van der Waals surface area contributed by atoms with Crippen molar-refractivity contribution in [2.45, 2.75) is 112 Å². The van der Waals surface area contributed by atoms with Gasteiger partial charge < -0.3 is 94.7 Å². The molecule has 15 fully saturated rings. The van der Waals surface area contributed by atoms with E-state index < -0.39 is 0 Å². The fourth-order valence-electron chi connectivity index (χ4n) is 9.88. The topological polar surface area (TPSA) is 185 Å². The molecule has 15 aliphatic rings. The maximum absolute atomic E-state index is 6.28. The molecule has 15 saturated heterocycles. The molecule has 0 radical (unpaired) electrons. The highest BCUT2D eigenvalue weighted by atomic mass is 32.2. The lowest BCUT2D eigenvalue weighted by Crippen LogP contribution is -2.54. The molecule has 0 spiro atoms. The van der Waals surface area contributed by atoms with Gasteiger partial charge in [-0.2, -0.15) is 118 Å². The van der Waals surface area contributed by atoms with Gasteiger partial charge in [-0.15, -0.1) is 0 Å². The molecule has 0 aromatic rings. The summed E-state index contributed by atoms with van der Waals surface area (Å²) in [5.41, 5.74) is 0. The zero-order chi connectivity index (χ0) is 54.0.